The van der Waals surface area contributed by atoms with Crippen LogP contribution in [0.25, 0.3) is 0 Å². The van der Waals surface area contributed by atoms with Crippen molar-refractivity contribution in [1.29, 1.82) is 5.26 Å². The Bertz CT molecular complexity index is 1150. The van der Waals surface area contributed by atoms with Gasteiger partial charge in [-0.15, -0.1) is 12.1 Å². The van der Waals surface area contributed by atoms with Crippen LogP contribution in [0.15, 0.2) is 117 Å². The predicted molar refractivity (Wildman–Crippen MR) is 154 cm³/mol. The minimum atomic E-state index is 0. The van der Waals surface area contributed by atoms with Crippen molar-refractivity contribution in [2.45, 2.75) is 12.5 Å². The number of nitrogens with zero attached hydrogens (tertiary/aromatic N) is 1. The summed E-state index contributed by atoms with van der Waals surface area (Å²) in [5.41, 5.74) is 10.3. The summed E-state index contributed by atoms with van der Waals surface area (Å²) in [7, 11) is 0. The molecule has 0 fully saturated rings. The molecule has 7 heteroatoms. The Morgan fingerprint density at radius 1 is 0.743 bits per heavy atom. The summed E-state index contributed by atoms with van der Waals surface area (Å²) in [6.07, 6.45) is 0.865. The maximum Gasteiger partial charge on any atom is 2.00 e. The van der Waals surface area contributed by atoms with E-state index in [1.54, 1.807) is 12.1 Å². The van der Waals surface area contributed by atoms with Crippen LogP contribution in [-0.2, 0) is 6.42 Å². The number of rotatable bonds is 3. The van der Waals surface area contributed by atoms with Gasteiger partial charge in [-0.05, 0) is 58.4 Å². The topological polar surface area (TPSA) is 49.8 Å². The molecule has 1 atom stereocenters. The predicted octanol–water partition coefficient (Wildman–Crippen LogP) is 5.27. The number of benzene rings is 4. The van der Waals surface area contributed by atoms with Crippen molar-refractivity contribution < 1.29 is 17.0 Å². The molecule has 0 saturated carbocycles. The third kappa shape index (κ3) is 14.3. The molecule has 0 bridgehead atoms. The van der Waals surface area contributed by atoms with Crippen molar-refractivity contribution in [2.24, 2.45) is 5.73 Å². The van der Waals surface area contributed by atoms with Gasteiger partial charge in [0.25, 0.3) is 0 Å². The van der Waals surface area contributed by atoms with E-state index in [1.807, 2.05) is 72.8 Å². The van der Waals surface area contributed by atoms with Gasteiger partial charge in [0.1, 0.15) is 0 Å². The van der Waals surface area contributed by atoms with Gasteiger partial charge in [-0.3, -0.25) is 0 Å². The summed E-state index contributed by atoms with van der Waals surface area (Å²) < 4.78 is 3.19. The number of hydrogen-bond donors (Lipinski definition) is 1. The summed E-state index contributed by atoms with van der Waals surface area (Å²) >= 11 is 10.1. The summed E-state index contributed by atoms with van der Waals surface area (Å²) in [5, 5.41) is 8.36. The van der Waals surface area contributed by atoms with Crippen molar-refractivity contribution in [3.8, 4) is 6.07 Å². The second kappa shape index (κ2) is 19.1. The smallest absolute Gasteiger partial charge is 1.00 e. The molecule has 0 aromatic heterocycles. The fourth-order valence-corrected chi connectivity index (χ4v) is 3.95. The first-order valence-corrected chi connectivity index (χ1v) is 12.5. The first-order chi connectivity index (χ1) is 15.9. The SMILES string of the molecule is N#Cc1ccc(Br)cc1.NC(Cc1cccc(Br)c1)c1ccccc1.[Br-].[CH2-]c1cccc(Br)c1.[Mg+2]. The molecule has 0 aliphatic rings. The molecule has 0 spiro atoms. The molecule has 35 heavy (non-hydrogen) atoms. The molecule has 0 heterocycles. The van der Waals surface area contributed by atoms with E-state index in [2.05, 4.69) is 79.0 Å². The van der Waals surface area contributed by atoms with E-state index in [0.29, 0.717) is 5.56 Å². The van der Waals surface area contributed by atoms with Gasteiger partial charge in [0.05, 0.1) is 11.6 Å². The second-order valence-corrected chi connectivity index (χ2v) is 9.85. The number of nitriles is 1. The first-order valence-electron chi connectivity index (χ1n) is 10.2. The Morgan fingerprint density at radius 3 is 1.80 bits per heavy atom. The van der Waals surface area contributed by atoms with Gasteiger partial charge < -0.3 is 22.7 Å². The van der Waals surface area contributed by atoms with Crippen molar-refractivity contribution in [3.05, 3.63) is 146 Å². The van der Waals surface area contributed by atoms with Crippen molar-refractivity contribution in [2.75, 3.05) is 0 Å². The van der Waals surface area contributed by atoms with E-state index >= 15 is 0 Å². The first kappa shape index (κ1) is 33.9. The molecule has 4 aromatic rings. The Labute approximate surface area is 260 Å². The minimum absolute atomic E-state index is 0. The van der Waals surface area contributed by atoms with Crippen LogP contribution >= 0.6 is 47.8 Å². The number of hydrogen-bond acceptors (Lipinski definition) is 2. The van der Waals surface area contributed by atoms with Crippen LogP contribution in [0, 0.1) is 18.3 Å². The average Bonchev–Trinajstić information content (AvgIpc) is 2.81. The van der Waals surface area contributed by atoms with Crippen LogP contribution in [0.4, 0.5) is 0 Å². The number of halogens is 4. The maximum atomic E-state index is 8.36. The van der Waals surface area contributed by atoms with Crippen LogP contribution in [-0.4, -0.2) is 23.1 Å². The summed E-state index contributed by atoms with van der Waals surface area (Å²) in [6.45, 7) is 3.75. The van der Waals surface area contributed by atoms with Gasteiger partial charge in [-0.2, -0.15) is 23.8 Å². The van der Waals surface area contributed by atoms with Crippen LogP contribution < -0.4 is 22.7 Å². The Morgan fingerprint density at radius 2 is 1.31 bits per heavy atom. The third-order valence-electron chi connectivity index (χ3n) is 4.43. The van der Waals surface area contributed by atoms with Crippen LogP contribution in [0.2, 0.25) is 0 Å². The zero-order chi connectivity index (χ0) is 24.1. The minimum Gasteiger partial charge on any atom is -1.00 e. The van der Waals surface area contributed by atoms with Gasteiger partial charge in [-0.25, -0.2) is 0 Å². The van der Waals surface area contributed by atoms with Crippen molar-refractivity contribution in [3.63, 3.8) is 0 Å². The zero-order valence-electron chi connectivity index (χ0n) is 19.1. The molecule has 0 aliphatic carbocycles. The molecule has 176 valence electrons. The van der Waals surface area contributed by atoms with E-state index in [4.69, 9.17) is 11.0 Å². The van der Waals surface area contributed by atoms with Crippen molar-refractivity contribution >= 4 is 70.8 Å². The van der Waals surface area contributed by atoms with Gasteiger partial charge in [0, 0.05) is 15.0 Å². The average molecular weight is 732 g/mol. The van der Waals surface area contributed by atoms with Crippen LogP contribution in [0.3, 0.4) is 0 Å². The molecule has 0 aliphatic heterocycles. The van der Waals surface area contributed by atoms with Gasteiger partial charge >= 0.3 is 23.1 Å². The molecule has 4 aromatic carbocycles. The van der Waals surface area contributed by atoms with E-state index in [-0.39, 0.29) is 46.1 Å². The molecule has 0 amide bonds. The van der Waals surface area contributed by atoms with Gasteiger partial charge in [-0.1, -0.05) is 96.3 Å². The maximum absolute atomic E-state index is 8.36. The van der Waals surface area contributed by atoms with E-state index in [1.165, 1.54) is 11.1 Å². The third-order valence-corrected chi connectivity index (χ3v) is 5.95. The molecular formula is C28H24Br4MgN2. The molecule has 2 nitrogen and oxygen atoms in total. The summed E-state index contributed by atoms with van der Waals surface area (Å²) in [6, 6.07) is 35.7. The summed E-state index contributed by atoms with van der Waals surface area (Å²) in [5.74, 6) is 0. The Hall–Kier alpha value is -1.11. The zero-order valence-corrected chi connectivity index (χ0v) is 26.8. The fourth-order valence-electron chi connectivity index (χ4n) is 2.80. The monoisotopic (exact) mass is 728 g/mol. The van der Waals surface area contributed by atoms with Crippen LogP contribution in [0.5, 0.6) is 0 Å². The Kier molecular flexibility index (Phi) is 18.5. The van der Waals surface area contributed by atoms with Gasteiger partial charge in [0.2, 0.25) is 0 Å². The molecule has 0 radical (unpaired) electrons. The molecular weight excluding hydrogens is 708 g/mol. The molecule has 2 N–H and O–H groups in total. The van der Waals surface area contributed by atoms with Crippen LogP contribution in [0.1, 0.15) is 28.3 Å². The number of nitrogens with two attached hydrogens (primary N) is 1. The normalized spacial score (nSPS) is 9.91. The summed E-state index contributed by atoms with van der Waals surface area (Å²) in [4.78, 5) is 0. The van der Waals surface area contributed by atoms with E-state index in [0.717, 1.165) is 25.4 Å². The van der Waals surface area contributed by atoms with E-state index < -0.39 is 0 Å². The second-order valence-electron chi connectivity index (χ2n) is 7.10. The quantitative estimate of drug-likeness (QED) is 0.231. The van der Waals surface area contributed by atoms with Gasteiger partial charge in [0.15, 0.2) is 0 Å². The van der Waals surface area contributed by atoms with E-state index in [9.17, 15) is 0 Å². The molecule has 0 saturated heterocycles. The Balaban J connectivity index is 0.000000523. The largest absolute Gasteiger partial charge is 2.00 e. The molecule has 4 rings (SSSR count). The van der Waals surface area contributed by atoms with Crippen molar-refractivity contribution in [1.82, 2.24) is 0 Å². The fraction of sp³-hybridized carbons (Fsp3) is 0.0714. The molecule has 1 unspecified atom stereocenters. The standard InChI is InChI=1S/C14H14BrN.C7H4BrN.C7H6Br.BrH.Mg/c15-13-8-4-5-11(9-13)10-14(16)12-6-2-1-3-7-12;8-7-3-1-6(5-9)2-4-7;1-6-3-2-4-7(8)5-6;;/h1-9,14H,10,16H2;1-4H;2-5H,1H2;1H;/q;;-1;;+2/p-1.